The van der Waals surface area contributed by atoms with Gasteiger partial charge >= 0.3 is 11.9 Å². The van der Waals surface area contributed by atoms with Gasteiger partial charge in [-0.3, -0.25) is 9.59 Å². The Labute approximate surface area is 97.6 Å². The molecule has 0 radical (unpaired) electrons. The summed E-state index contributed by atoms with van der Waals surface area (Å²) in [5, 5.41) is 9.91. The van der Waals surface area contributed by atoms with Crippen LogP contribution >= 0.6 is 0 Å². The molecule has 0 saturated carbocycles. The van der Waals surface area contributed by atoms with Crippen LogP contribution in [-0.4, -0.2) is 54.4 Å². The van der Waals surface area contributed by atoms with E-state index in [4.69, 9.17) is 18.9 Å². The van der Waals surface area contributed by atoms with Crippen molar-refractivity contribution >= 4 is 11.9 Å². The van der Waals surface area contributed by atoms with Gasteiger partial charge in [0.05, 0.1) is 6.61 Å². The third-order valence-corrected chi connectivity index (χ3v) is 2.65. The average molecular weight is 246 g/mol. The number of hydrogen-bond donors (Lipinski definition) is 1. The highest BCUT2D eigenvalue weighted by Crippen LogP contribution is 2.31. The molecule has 0 aliphatic carbocycles. The van der Waals surface area contributed by atoms with Crippen molar-refractivity contribution in [1.82, 2.24) is 0 Å². The maximum atomic E-state index is 11.0. The second-order valence-electron chi connectivity index (χ2n) is 4.01. The van der Waals surface area contributed by atoms with Crippen LogP contribution in [0, 0.1) is 0 Å². The summed E-state index contributed by atoms with van der Waals surface area (Å²) in [6.07, 6.45) is -4.32. The summed E-state index contributed by atoms with van der Waals surface area (Å²) in [7, 11) is 0. The van der Waals surface area contributed by atoms with Crippen LogP contribution in [0.5, 0.6) is 0 Å². The number of ether oxygens (including phenoxy) is 4. The van der Waals surface area contributed by atoms with Crippen molar-refractivity contribution in [2.45, 2.75) is 44.6 Å². The van der Waals surface area contributed by atoms with E-state index in [-0.39, 0.29) is 6.61 Å². The van der Waals surface area contributed by atoms with E-state index in [1.165, 1.54) is 13.8 Å². The standard InChI is InChI=1S/C10H14O7/c1-4(11)15-8-7(13)6-3-14-10(17-6)9(8)16-5(2)12/h6-10,13H,3H2,1-2H3/t6-,7+,8+,9-,10-/m1/s1. The van der Waals surface area contributed by atoms with Crippen LogP contribution < -0.4 is 0 Å². The lowest BCUT2D eigenvalue weighted by Crippen LogP contribution is -2.56. The highest BCUT2D eigenvalue weighted by Gasteiger charge is 2.53. The number of fused-ring (bicyclic) bond motifs is 2. The molecule has 0 unspecified atom stereocenters. The summed E-state index contributed by atoms with van der Waals surface area (Å²) in [5.74, 6) is -1.12. The van der Waals surface area contributed by atoms with E-state index in [0.717, 1.165) is 0 Å². The molecule has 0 aromatic heterocycles. The molecule has 2 aliphatic heterocycles. The van der Waals surface area contributed by atoms with Crippen LogP contribution in [-0.2, 0) is 28.5 Å². The van der Waals surface area contributed by atoms with Crippen molar-refractivity contribution in [3.63, 3.8) is 0 Å². The summed E-state index contributed by atoms with van der Waals surface area (Å²) >= 11 is 0. The van der Waals surface area contributed by atoms with Crippen LogP contribution in [0.1, 0.15) is 13.8 Å². The minimum Gasteiger partial charge on any atom is -0.455 e. The Morgan fingerprint density at radius 2 is 1.76 bits per heavy atom. The first-order valence-corrected chi connectivity index (χ1v) is 5.28. The Morgan fingerprint density at radius 3 is 2.35 bits per heavy atom. The van der Waals surface area contributed by atoms with E-state index in [1.807, 2.05) is 0 Å². The van der Waals surface area contributed by atoms with Gasteiger partial charge < -0.3 is 24.1 Å². The molecule has 17 heavy (non-hydrogen) atoms. The summed E-state index contributed by atoms with van der Waals surface area (Å²) in [6, 6.07) is 0. The zero-order valence-electron chi connectivity index (χ0n) is 9.49. The number of hydrogen-bond acceptors (Lipinski definition) is 7. The fraction of sp³-hybridized carbons (Fsp3) is 0.800. The van der Waals surface area contributed by atoms with Crippen molar-refractivity contribution in [2.75, 3.05) is 6.61 Å². The second kappa shape index (κ2) is 4.59. The largest absolute Gasteiger partial charge is 0.455 e. The Morgan fingerprint density at radius 1 is 1.18 bits per heavy atom. The third-order valence-electron chi connectivity index (χ3n) is 2.65. The normalized spacial score (nSPS) is 39.8. The van der Waals surface area contributed by atoms with Gasteiger partial charge in [-0.05, 0) is 0 Å². The first-order valence-electron chi connectivity index (χ1n) is 5.28. The molecule has 1 N–H and O–H groups in total. The molecule has 0 amide bonds. The monoisotopic (exact) mass is 246 g/mol. The Hall–Kier alpha value is -1.18. The molecule has 0 aromatic rings. The number of carbonyl (C=O) groups excluding carboxylic acids is 2. The summed E-state index contributed by atoms with van der Waals surface area (Å²) in [5.41, 5.74) is 0. The topological polar surface area (TPSA) is 91.3 Å². The molecule has 5 atom stereocenters. The van der Waals surface area contributed by atoms with Crippen molar-refractivity contribution in [3.05, 3.63) is 0 Å². The summed E-state index contributed by atoms with van der Waals surface area (Å²) < 4.78 is 20.5. The number of aliphatic hydroxyl groups excluding tert-OH is 1. The van der Waals surface area contributed by atoms with Crippen LogP contribution in [0.2, 0.25) is 0 Å². The summed E-state index contributed by atoms with van der Waals surface area (Å²) in [6.45, 7) is 2.62. The van der Waals surface area contributed by atoms with Gasteiger partial charge in [0.2, 0.25) is 0 Å². The van der Waals surface area contributed by atoms with Crippen LogP contribution in [0.3, 0.4) is 0 Å². The Balaban J connectivity index is 2.16. The molecule has 0 aromatic carbocycles. The van der Waals surface area contributed by atoms with Gasteiger partial charge in [0.1, 0.15) is 12.2 Å². The number of rotatable bonds is 2. The smallest absolute Gasteiger partial charge is 0.303 e. The van der Waals surface area contributed by atoms with Crippen molar-refractivity contribution < 1.29 is 33.6 Å². The Bertz CT molecular complexity index is 313. The van der Waals surface area contributed by atoms with E-state index < -0.39 is 42.6 Å². The van der Waals surface area contributed by atoms with Gasteiger partial charge in [0.15, 0.2) is 18.5 Å². The van der Waals surface area contributed by atoms with Crippen LogP contribution in [0.25, 0.3) is 0 Å². The maximum absolute atomic E-state index is 11.0. The molecule has 2 heterocycles. The van der Waals surface area contributed by atoms with Crippen molar-refractivity contribution in [1.29, 1.82) is 0 Å². The van der Waals surface area contributed by atoms with Gasteiger partial charge in [0, 0.05) is 13.8 Å². The molecule has 2 aliphatic rings. The zero-order valence-corrected chi connectivity index (χ0v) is 9.49. The Kier molecular flexibility index (Phi) is 3.32. The SMILES string of the molecule is CC(=O)O[C@H]1[C@@H]2OC[C@@H](O2)[C@H](O)[C@@H]1OC(C)=O. The predicted octanol–water partition coefficient (Wildman–Crippen LogP) is -1.03. The lowest BCUT2D eigenvalue weighted by Gasteiger charge is -2.36. The van der Waals surface area contributed by atoms with E-state index >= 15 is 0 Å². The van der Waals surface area contributed by atoms with E-state index in [9.17, 15) is 14.7 Å². The molecular formula is C10H14O7. The van der Waals surface area contributed by atoms with E-state index in [0.29, 0.717) is 0 Å². The van der Waals surface area contributed by atoms with Crippen molar-refractivity contribution in [3.8, 4) is 0 Å². The fourth-order valence-corrected chi connectivity index (χ4v) is 2.00. The molecule has 0 spiro atoms. The fourth-order valence-electron chi connectivity index (χ4n) is 2.00. The van der Waals surface area contributed by atoms with Crippen LogP contribution in [0.15, 0.2) is 0 Å². The van der Waals surface area contributed by atoms with Gasteiger partial charge in [0.25, 0.3) is 0 Å². The highest BCUT2D eigenvalue weighted by atomic mass is 16.8. The van der Waals surface area contributed by atoms with Gasteiger partial charge in [-0.1, -0.05) is 0 Å². The van der Waals surface area contributed by atoms with Gasteiger partial charge in [-0.2, -0.15) is 0 Å². The predicted molar refractivity (Wildman–Crippen MR) is 51.7 cm³/mol. The molecule has 2 fully saturated rings. The molecule has 7 heteroatoms. The lowest BCUT2D eigenvalue weighted by molar-refractivity contribution is -0.245. The lowest BCUT2D eigenvalue weighted by atomic mass is 10.0. The van der Waals surface area contributed by atoms with Gasteiger partial charge in [-0.25, -0.2) is 0 Å². The first-order chi connectivity index (χ1) is 7.99. The number of esters is 2. The second-order valence-corrected chi connectivity index (χ2v) is 4.01. The zero-order chi connectivity index (χ0) is 12.6. The molecule has 2 rings (SSSR count). The van der Waals surface area contributed by atoms with Crippen molar-refractivity contribution in [2.24, 2.45) is 0 Å². The van der Waals surface area contributed by atoms with E-state index in [2.05, 4.69) is 0 Å². The molecule has 96 valence electrons. The minimum absolute atomic E-state index is 0.182. The average Bonchev–Trinajstić information content (AvgIpc) is 2.65. The van der Waals surface area contributed by atoms with E-state index in [1.54, 1.807) is 0 Å². The third kappa shape index (κ3) is 2.41. The molecular weight excluding hydrogens is 232 g/mol. The number of carbonyl (C=O) groups is 2. The van der Waals surface area contributed by atoms with Crippen LogP contribution in [0.4, 0.5) is 0 Å². The van der Waals surface area contributed by atoms with Gasteiger partial charge in [-0.15, -0.1) is 0 Å². The minimum atomic E-state index is -1.07. The quantitative estimate of drug-likeness (QED) is 0.622. The maximum Gasteiger partial charge on any atom is 0.303 e. The summed E-state index contributed by atoms with van der Waals surface area (Å²) in [4.78, 5) is 21.9. The molecule has 2 saturated heterocycles. The highest BCUT2D eigenvalue weighted by molar-refractivity contribution is 5.67. The number of aliphatic hydroxyl groups is 1. The first kappa shape index (κ1) is 12.3. The molecule has 2 bridgehead atoms. The molecule has 7 nitrogen and oxygen atoms in total.